The van der Waals surface area contributed by atoms with Gasteiger partial charge in [0.25, 0.3) is 0 Å². The summed E-state index contributed by atoms with van der Waals surface area (Å²) in [6.07, 6.45) is 0.615. The first kappa shape index (κ1) is 16.9. The molecule has 2 N–H and O–H groups in total. The molecule has 0 saturated heterocycles. The third-order valence-electron chi connectivity index (χ3n) is 3.75. The molecule has 6 nitrogen and oxygen atoms in total. The van der Waals surface area contributed by atoms with Crippen molar-refractivity contribution in [1.29, 1.82) is 0 Å². The van der Waals surface area contributed by atoms with E-state index in [-0.39, 0.29) is 10.8 Å². The van der Waals surface area contributed by atoms with E-state index in [1.165, 1.54) is 6.07 Å². The Kier molecular flexibility index (Phi) is 4.89. The third kappa shape index (κ3) is 3.31. The second-order valence-corrected chi connectivity index (χ2v) is 7.50. The summed E-state index contributed by atoms with van der Waals surface area (Å²) in [6, 6.07) is 4.71. The van der Waals surface area contributed by atoms with E-state index in [4.69, 9.17) is 4.74 Å². The highest BCUT2D eigenvalue weighted by Gasteiger charge is 2.39. The minimum absolute atomic E-state index is 0.123. The van der Waals surface area contributed by atoms with Gasteiger partial charge in [-0.3, -0.25) is 4.79 Å². The van der Waals surface area contributed by atoms with Crippen LogP contribution in [0.2, 0.25) is 0 Å². The number of carbonyl (C=O) groups excluding carboxylic acids is 1. The highest BCUT2D eigenvalue weighted by Crippen LogP contribution is 2.38. The maximum atomic E-state index is 12.3. The van der Waals surface area contributed by atoms with Crippen LogP contribution in [0.15, 0.2) is 23.1 Å². The van der Waals surface area contributed by atoms with Gasteiger partial charge in [0, 0.05) is 25.4 Å². The largest absolute Gasteiger partial charge is 0.382 e. The van der Waals surface area contributed by atoms with Gasteiger partial charge in [-0.25, -0.2) is 13.1 Å². The van der Waals surface area contributed by atoms with Crippen molar-refractivity contribution in [2.45, 2.75) is 37.5 Å². The predicted octanol–water partition coefficient (Wildman–Crippen LogP) is 1.62. The Balaban J connectivity index is 2.13. The van der Waals surface area contributed by atoms with E-state index in [0.29, 0.717) is 37.4 Å². The molecule has 1 heterocycles. The molecule has 0 radical (unpaired) electrons. The molecule has 22 heavy (non-hydrogen) atoms. The lowest BCUT2D eigenvalue weighted by Gasteiger charge is -2.16. The number of benzene rings is 1. The first-order valence-corrected chi connectivity index (χ1v) is 8.80. The number of hydrogen-bond acceptors (Lipinski definition) is 4. The Morgan fingerprint density at radius 2 is 2.05 bits per heavy atom. The summed E-state index contributed by atoms with van der Waals surface area (Å²) < 4.78 is 32.3. The summed E-state index contributed by atoms with van der Waals surface area (Å²) in [5.41, 5.74) is 0.649. The van der Waals surface area contributed by atoms with Crippen LogP contribution in [0.5, 0.6) is 0 Å². The predicted molar refractivity (Wildman–Crippen MR) is 84.4 cm³/mol. The van der Waals surface area contributed by atoms with E-state index in [0.717, 1.165) is 0 Å². The van der Waals surface area contributed by atoms with Crippen molar-refractivity contribution in [1.82, 2.24) is 4.72 Å². The molecule has 0 spiro atoms. The van der Waals surface area contributed by atoms with Gasteiger partial charge in [0.15, 0.2) is 0 Å². The number of ether oxygens (including phenoxy) is 1. The number of amides is 1. The molecule has 0 bridgehead atoms. The van der Waals surface area contributed by atoms with E-state index in [2.05, 4.69) is 10.0 Å². The molecule has 0 fully saturated rings. The molecule has 7 heteroatoms. The summed E-state index contributed by atoms with van der Waals surface area (Å²) >= 11 is 0. The van der Waals surface area contributed by atoms with Gasteiger partial charge < -0.3 is 10.1 Å². The Labute approximate surface area is 131 Å². The second-order valence-electron chi connectivity index (χ2n) is 5.73. The second kappa shape index (κ2) is 6.36. The lowest BCUT2D eigenvalue weighted by Crippen LogP contribution is -2.28. The van der Waals surface area contributed by atoms with Gasteiger partial charge in [-0.05, 0) is 51.0 Å². The van der Waals surface area contributed by atoms with Crippen molar-refractivity contribution in [3.05, 3.63) is 23.8 Å². The molecule has 1 aromatic carbocycles. The molecule has 0 atom stereocenters. The number of rotatable bonds is 7. The lowest BCUT2D eigenvalue weighted by molar-refractivity contribution is -0.119. The van der Waals surface area contributed by atoms with Gasteiger partial charge in [0.05, 0.1) is 10.3 Å². The van der Waals surface area contributed by atoms with Crippen molar-refractivity contribution in [3.63, 3.8) is 0 Å². The molecule has 0 unspecified atom stereocenters. The number of carbonyl (C=O) groups is 1. The number of sulfonamides is 1. The smallest absolute Gasteiger partial charge is 0.240 e. The molecule has 1 aromatic rings. The average molecular weight is 326 g/mol. The summed E-state index contributed by atoms with van der Waals surface area (Å²) in [7, 11) is -3.58. The van der Waals surface area contributed by atoms with E-state index in [1.54, 1.807) is 26.0 Å². The normalized spacial score (nSPS) is 16.4. The van der Waals surface area contributed by atoms with E-state index >= 15 is 0 Å². The first-order chi connectivity index (χ1) is 10.3. The van der Waals surface area contributed by atoms with Crippen LogP contribution in [0.3, 0.4) is 0 Å². The van der Waals surface area contributed by atoms with Crippen LogP contribution in [0.4, 0.5) is 5.69 Å². The Morgan fingerprint density at radius 3 is 2.73 bits per heavy atom. The number of nitrogens with one attached hydrogen (secondary N) is 2. The molecular weight excluding hydrogens is 304 g/mol. The molecule has 0 saturated carbocycles. The maximum Gasteiger partial charge on any atom is 0.240 e. The maximum absolute atomic E-state index is 12.3. The van der Waals surface area contributed by atoms with Crippen LogP contribution in [0, 0.1) is 0 Å². The van der Waals surface area contributed by atoms with Crippen molar-refractivity contribution >= 4 is 21.6 Å². The molecule has 0 aliphatic carbocycles. The van der Waals surface area contributed by atoms with Crippen molar-refractivity contribution < 1.29 is 17.9 Å². The zero-order valence-corrected chi connectivity index (χ0v) is 13.9. The Bertz CT molecular complexity index is 668. The summed E-state index contributed by atoms with van der Waals surface area (Å²) in [6.45, 7) is 6.91. The fraction of sp³-hybridized carbons (Fsp3) is 0.533. The van der Waals surface area contributed by atoms with Crippen molar-refractivity contribution in [3.8, 4) is 0 Å². The standard InChI is InChI=1S/C15H22N2O4S/c1-4-21-9-5-8-16-22(19,20)11-6-7-13-12(10-11)15(2,3)14(18)17-13/h6-7,10,16H,4-5,8-9H2,1-3H3,(H,17,18). The fourth-order valence-electron chi connectivity index (χ4n) is 2.33. The molecule has 2 rings (SSSR count). The minimum atomic E-state index is -3.58. The zero-order chi connectivity index (χ0) is 16.4. The van der Waals surface area contributed by atoms with Gasteiger partial charge in [-0.2, -0.15) is 0 Å². The first-order valence-electron chi connectivity index (χ1n) is 7.32. The molecule has 1 aliphatic rings. The van der Waals surface area contributed by atoms with Crippen molar-refractivity contribution in [2.75, 3.05) is 25.1 Å². The third-order valence-corrected chi connectivity index (χ3v) is 5.21. The van der Waals surface area contributed by atoms with Gasteiger partial charge >= 0.3 is 0 Å². The van der Waals surface area contributed by atoms with Gasteiger partial charge in [-0.1, -0.05) is 0 Å². The topological polar surface area (TPSA) is 84.5 Å². The van der Waals surface area contributed by atoms with Crippen LogP contribution in [0.25, 0.3) is 0 Å². The van der Waals surface area contributed by atoms with Gasteiger partial charge in [0.1, 0.15) is 0 Å². The highest BCUT2D eigenvalue weighted by atomic mass is 32.2. The van der Waals surface area contributed by atoms with E-state index in [1.807, 2.05) is 6.92 Å². The zero-order valence-electron chi connectivity index (χ0n) is 13.1. The van der Waals surface area contributed by atoms with Crippen LogP contribution in [-0.2, 0) is 25.0 Å². The van der Waals surface area contributed by atoms with Crippen molar-refractivity contribution in [2.24, 2.45) is 0 Å². The lowest BCUT2D eigenvalue weighted by atomic mass is 9.86. The van der Waals surface area contributed by atoms with Gasteiger partial charge in [0.2, 0.25) is 15.9 Å². The van der Waals surface area contributed by atoms with Crippen LogP contribution < -0.4 is 10.0 Å². The van der Waals surface area contributed by atoms with Crippen LogP contribution >= 0.6 is 0 Å². The van der Waals surface area contributed by atoms with Gasteiger partial charge in [-0.15, -0.1) is 0 Å². The monoisotopic (exact) mass is 326 g/mol. The molecule has 122 valence electrons. The van der Waals surface area contributed by atoms with E-state index in [9.17, 15) is 13.2 Å². The fourth-order valence-corrected chi connectivity index (χ4v) is 3.43. The average Bonchev–Trinajstić information content (AvgIpc) is 2.68. The Hall–Kier alpha value is -1.44. The molecule has 1 amide bonds. The number of anilines is 1. The summed E-state index contributed by atoms with van der Waals surface area (Å²) in [4.78, 5) is 12.1. The van der Waals surface area contributed by atoms with Crippen LogP contribution in [-0.4, -0.2) is 34.1 Å². The quantitative estimate of drug-likeness (QED) is 0.746. The summed E-state index contributed by atoms with van der Waals surface area (Å²) in [5.74, 6) is -0.123. The number of hydrogen-bond donors (Lipinski definition) is 2. The summed E-state index contributed by atoms with van der Waals surface area (Å²) in [5, 5.41) is 2.76. The molecule has 1 aliphatic heterocycles. The highest BCUT2D eigenvalue weighted by molar-refractivity contribution is 7.89. The minimum Gasteiger partial charge on any atom is -0.382 e. The Morgan fingerprint density at radius 1 is 1.32 bits per heavy atom. The SMILES string of the molecule is CCOCCCNS(=O)(=O)c1ccc2c(c1)C(C)(C)C(=O)N2. The number of fused-ring (bicyclic) bond motifs is 1. The molecular formula is C15H22N2O4S. The molecule has 0 aromatic heterocycles. The van der Waals surface area contributed by atoms with E-state index < -0.39 is 15.4 Å². The van der Waals surface area contributed by atoms with Crippen LogP contribution in [0.1, 0.15) is 32.8 Å².